The summed E-state index contributed by atoms with van der Waals surface area (Å²) >= 11 is 0. The number of halogens is 2. The number of hydrogen-bond donors (Lipinski definition) is 1. The summed E-state index contributed by atoms with van der Waals surface area (Å²) in [6.07, 6.45) is 1.58. The van der Waals surface area contributed by atoms with Gasteiger partial charge in [0.15, 0.2) is 11.6 Å². The predicted octanol–water partition coefficient (Wildman–Crippen LogP) is 3.88. The van der Waals surface area contributed by atoms with Crippen molar-refractivity contribution >= 4 is 0 Å². The Labute approximate surface area is 122 Å². The molecule has 0 amide bonds. The van der Waals surface area contributed by atoms with E-state index in [-0.39, 0.29) is 12.4 Å². The molecule has 0 spiro atoms. The quantitative estimate of drug-likeness (QED) is 0.841. The maximum atomic E-state index is 13.5. The first-order chi connectivity index (χ1) is 10.1. The third-order valence-electron chi connectivity index (χ3n) is 2.95. The highest BCUT2D eigenvalue weighted by atomic mass is 19.1. The number of benzene rings is 1. The Morgan fingerprint density at radius 2 is 2.05 bits per heavy atom. The first kappa shape index (κ1) is 15.5. The average molecular weight is 295 g/mol. The van der Waals surface area contributed by atoms with Crippen molar-refractivity contribution in [2.75, 3.05) is 6.54 Å². The molecule has 114 valence electrons. The maximum absolute atomic E-state index is 13.5. The monoisotopic (exact) mass is 295 g/mol. The first-order valence-corrected chi connectivity index (χ1v) is 6.90. The highest BCUT2D eigenvalue weighted by molar-refractivity contribution is 5.25. The third kappa shape index (κ3) is 4.56. The molecule has 0 saturated heterocycles. The first-order valence-electron chi connectivity index (χ1n) is 6.90. The molecule has 2 rings (SSSR count). The molecular formula is C16H19F2NO2. The molecule has 1 N–H and O–H groups in total. The van der Waals surface area contributed by atoms with E-state index < -0.39 is 11.6 Å². The molecule has 1 aromatic carbocycles. The van der Waals surface area contributed by atoms with Crippen molar-refractivity contribution in [1.82, 2.24) is 5.32 Å². The van der Waals surface area contributed by atoms with E-state index in [1.54, 1.807) is 12.3 Å². The molecule has 0 saturated carbocycles. The summed E-state index contributed by atoms with van der Waals surface area (Å²) in [7, 11) is 0. The largest absolute Gasteiger partial charge is 0.486 e. The number of rotatable bonds is 7. The van der Waals surface area contributed by atoms with E-state index in [1.165, 1.54) is 12.1 Å². The van der Waals surface area contributed by atoms with E-state index in [0.717, 1.165) is 23.9 Å². The summed E-state index contributed by atoms with van der Waals surface area (Å²) in [6.45, 7) is 5.90. The van der Waals surface area contributed by atoms with Crippen LogP contribution in [0.3, 0.4) is 0 Å². The van der Waals surface area contributed by atoms with Crippen LogP contribution < -0.4 is 10.1 Å². The highest BCUT2D eigenvalue weighted by Crippen LogP contribution is 2.20. The van der Waals surface area contributed by atoms with Crippen molar-refractivity contribution in [3.05, 3.63) is 53.5 Å². The van der Waals surface area contributed by atoms with E-state index in [2.05, 4.69) is 19.2 Å². The van der Waals surface area contributed by atoms with Crippen molar-refractivity contribution in [1.29, 1.82) is 0 Å². The van der Waals surface area contributed by atoms with E-state index in [0.29, 0.717) is 12.5 Å². The lowest BCUT2D eigenvalue weighted by Gasteiger charge is -2.09. The van der Waals surface area contributed by atoms with Gasteiger partial charge in [-0.3, -0.25) is 0 Å². The zero-order chi connectivity index (χ0) is 15.2. The zero-order valence-corrected chi connectivity index (χ0v) is 12.2. The predicted molar refractivity (Wildman–Crippen MR) is 75.9 cm³/mol. The van der Waals surface area contributed by atoms with Crippen molar-refractivity contribution in [3.63, 3.8) is 0 Å². The van der Waals surface area contributed by atoms with Crippen molar-refractivity contribution in [2.24, 2.45) is 5.92 Å². The van der Waals surface area contributed by atoms with Gasteiger partial charge in [-0.1, -0.05) is 13.8 Å². The number of nitrogens with one attached hydrogen (secondary N) is 1. The summed E-state index contributed by atoms with van der Waals surface area (Å²) in [6, 6.07) is 5.03. The normalized spacial score (nSPS) is 11.1. The maximum Gasteiger partial charge on any atom is 0.167 e. The van der Waals surface area contributed by atoms with Crippen LogP contribution in [0.1, 0.15) is 25.2 Å². The smallest absolute Gasteiger partial charge is 0.167 e. The molecule has 3 nitrogen and oxygen atoms in total. The molecule has 0 aliphatic carbocycles. The molecule has 21 heavy (non-hydrogen) atoms. The minimum Gasteiger partial charge on any atom is -0.486 e. The van der Waals surface area contributed by atoms with Crippen LogP contribution in [0.5, 0.6) is 5.75 Å². The number of ether oxygens (including phenoxy) is 1. The van der Waals surface area contributed by atoms with Crippen LogP contribution in [0.2, 0.25) is 0 Å². The van der Waals surface area contributed by atoms with Gasteiger partial charge in [-0.25, -0.2) is 8.78 Å². The van der Waals surface area contributed by atoms with Gasteiger partial charge in [-0.15, -0.1) is 0 Å². The fourth-order valence-electron chi connectivity index (χ4n) is 1.87. The molecule has 0 aliphatic heterocycles. The van der Waals surface area contributed by atoms with Gasteiger partial charge in [-0.2, -0.15) is 0 Å². The molecule has 1 heterocycles. The topological polar surface area (TPSA) is 34.4 Å². The molecule has 1 aromatic heterocycles. The van der Waals surface area contributed by atoms with E-state index in [9.17, 15) is 8.78 Å². The molecule has 0 unspecified atom stereocenters. The van der Waals surface area contributed by atoms with Gasteiger partial charge >= 0.3 is 0 Å². The lowest BCUT2D eigenvalue weighted by Crippen LogP contribution is -2.19. The van der Waals surface area contributed by atoms with Crippen molar-refractivity contribution in [2.45, 2.75) is 27.0 Å². The van der Waals surface area contributed by atoms with Gasteiger partial charge in [0.1, 0.15) is 18.2 Å². The summed E-state index contributed by atoms with van der Waals surface area (Å²) < 4.78 is 37.0. The molecule has 5 heteroatoms. The minimum atomic E-state index is -0.710. The van der Waals surface area contributed by atoms with Crippen molar-refractivity contribution < 1.29 is 17.9 Å². The van der Waals surface area contributed by atoms with Gasteiger partial charge < -0.3 is 14.5 Å². The summed E-state index contributed by atoms with van der Waals surface area (Å²) in [4.78, 5) is 0. The Morgan fingerprint density at radius 3 is 2.76 bits per heavy atom. The van der Waals surface area contributed by atoms with E-state index in [4.69, 9.17) is 9.15 Å². The SMILES string of the molecule is CC(C)CNCc1occc1COc1ccc(F)cc1F. The van der Waals surface area contributed by atoms with Crippen LogP contribution in [0, 0.1) is 17.6 Å². The van der Waals surface area contributed by atoms with Gasteiger partial charge in [0.25, 0.3) is 0 Å². The Hall–Kier alpha value is -1.88. The zero-order valence-electron chi connectivity index (χ0n) is 12.2. The van der Waals surface area contributed by atoms with Crippen LogP contribution >= 0.6 is 0 Å². The Morgan fingerprint density at radius 1 is 1.24 bits per heavy atom. The molecule has 2 aromatic rings. The minimum absolute atomic E-state index is 0.0266. The number of furan rings is 1. The lowest BCUT2D eigenvalue weighted by molar-refractivity contribution is 0.285. The Kier molecular flexibility index (Phi) is 5.33. The third-order valence-corrected chi connectivity index (χ3v) is 2.95. The molecule has 0 aliphatic rings. The summed E-state index contributed by atoms with van der Waals surface area (Å²) in [5, 5.41) is 3.27. The van der Waals surface area contributed by atoms with Crippen molar-refractivity contribution in [3.8, 4) is 5.75 Å². The van der Waals surface area contributed by atoms with Crippen LogP contribution in [0.4, 0.5) is 8.78 Å². The second-order valence-electron chi connectivity index (χ2n) is 5.26. The second-order valence-corrected chi connectivity index (χ2v) is 5.26. The highest BCUT2D eigenvalue weighted by Gasteiger charge is 2.10. The van der Waals surface area contributed by atoms with Crippen LogP contribution in [0.15, 0.2) is 34.9 Å². The van der Waals surface area contributed by atoms with Crippen LogP contribution in [-0.2, 0) is 13.2 Å². The van der Waals surface area contributed by atoms with E-state index >= 15 is 0 Å². The van der Waals surface area contributed by atoms with Gasteiger partial charge in [0.2, 0.25) is 0 Å². The van der Waals surface area contributed by atoms with E-state index in [1.807, 2.05) is 0 Å². The Bertz CT molecular complexity index is 581. The number of hydrogen-bond acceptors (Lipinski definition) is 3. The summed E-state index contributed by atoms with van der Waals surface area (Å²) in [5.41, 5.74) is 0.843. The molecule has 0 fully saturated rings. The van der Waals surface area contributed by atoms with Gasteiger partial charge in [0, 0.05) is 11.6 Å². The Balaban J connectivity index is 1.92. The lowest BCUT2D eigenvalue weighted by atomic mass is 10.2. The molecule has 0 bridgehead atoms. The van der Waals surface area contributed by atoms with Gasteiger partial charge in [0.05, 0.1) is 12.8 Å². The molecular weight excluding hydrogens is 276 g/mol. The van der Waals surface area contributed by atoms with Crippen LogP contribution in [-0.4, -0.2) is 6.54 Å². The fourth-order valence-corrected chi connectivity index (χ4v) is 1.87. The second kappa shape index (κ2) is 7.22. The van der Waals surface area contributed by atoms with Crippen LogP contribution in [0.25, 0.3) is 0 Å². The standard InChI is InChI=1S/C16H19F2NO2/c1-11(2)8-19-9-16-12(5-6-20-16)10-21-15-4-3-13(17)7-14(15)18/h3-7,11,19H,8-10H2,1-2H3. The summed E-state index contributed by atoms with van der Waals surface area (Å²) in [5.74, 6) is 0.00421. The molecule has 0 atom stereocenters. The van der Waals surface area contributed by atoms with Gasteiger partial charge in [-0.05, 0) is 30.7 Å². The molecule has 0 radical (unpaired) electrons. The fraction of sp³-hybridized carbons (Fsp3) is 0.375. The average Bonchev–Trinajstić information content (AvgIpc) is 2.85.